The van der Waals surface area contributed by atoms with Crippen LogP contribution < -0.4 is 10.5 Å². The summed E-state index contributed by atoms with van der Waals surface area (Å²) >= 11 is 0. The molecule has 112 valence electrons. The lowest BCUT2D eigenvalue weighted by Gasteiger charge is -2.19. The maximum atomic E-state index is 5.99. The maximum absolute atomic E-state index is 5.99. The van der Waals surface area contributed by atoms with Crippen LogP contribution in [0.15, 0.2) is 42.5 Å². The molecule has 0 heterocycles. The van der Waals surface area contributed by atoms with E-state index in [1.165, 1.54) is 5.56 Å². The molecule has 0 spiro atoms. The first-order valence-electron chi connectivity index (χ1n) is 7.37. The highest BCUT2D eigenvalue weighted by atomic mass is 16.5. The molecule has 2 N–H and O–H groups in total. The van der Waals surface area contributed by atoms with Crippen molar-refractivity contribution in [2.75, 3.05) is 7.11 Å². The fourth-order valence-corrected chi connectivity index (χ4v) is 2.38. The second kappa shape index (κ2) is 5.90. The number of hydrogen-bond acceptors (Lipinski definition) is 2. The first-order valence-corrected chi connectivity index (χ1v) is 7.37. The maximum Gasteiger partial charge on any atom is 0.126 e. The Morgan fingerprint density at radius 2 is 1.62 bits per heavy atom. The van der Waals surface area contributed by atoms with Crippen LogP contribution >= 0.6 is 0 Å². The number of rotatable bonds is 3. The Kier molecular flexibility index (Phi) is 4.38. The minimum Gasteiger partial charge on any atom is -0.496 e. The van der Waals surface area contributed by atoms with Crippen molar-refractivity contribution in [3.63, 3.8) is 0 Å². The summed E-state index contributed by atoms with van der Waals surface area (Å²) in [7, 11) is 1.70. The first-order chi connectivity index (χ1) is 9.82. The van der Waals surface area contributed by atoms with Crippen LogP contribution in [0.3, 0.4) is 0 Å². The fourth-order valence-electron chi connectivity index (χ4n) is 2.38. The molecule has 2 aromatic carbocycles. The van der Waals surface area contributed by atoms with Crippen molar-refractivity contribution in [2.24, 2.45) is 5.73 Å². The number of nitrogens with two attached hydrogens (primary N) is 1. The van der Waals surface area contributed by atoms with Gasteiger partial charge >= 0.3 is 0 Å². The van der Waals surface area contributed by atoms with Crippen molar-refractivity contribution >= 4 is 0 Å². The SMILES string of the molecule is COc1ccc(C(C)N)cc1-c1ccc(C(C)(C)C)cc1. The van der Waals surface area contributed by atoms with Gasteiger partial charge in [0, 0.05) is 11.6 Å². The van der Waals surface area contributed by atoms with Gasteiger partial charge in [0.2, 0.25) is 0 Å². The van der Waals surface area contributed by atoms with Gasteiger partial charge in [-0.1, -0.05) is 51.1 Å². The summed E-state index contributed by atoms with van der Waals surface area (Å²) < 4.78 is 5.49. The molecule has 2 heteroatoms. The van der Waals surface area contributed by atoms with E-state index in [-0.39, 0.29) is 11.5 Å². The summed E-state index contributed by atoms with van der Waals surface area (Å²) in [4.78, 5) is 0. The Balaban J connectivity index is 2.47. The van der Waals surface area contributed by atoms with Crippen LogP contribution in [0.1, 0.15) is 44.9 Å². The minimum absolute atomic E-state index is 0.0171. The molecule has 0 aliphatic heterocycles. The summed E-state index contributed by atoms with van der Waals surface area (Å²) in [5.74, 6) is 0.878. The molecule has 2 nitrogen and oxygen atoms in total. The lowest BCUT2D eigenvalue weighted by Crippen LogP contribution is -2.10. The molecule has 0 saturated heterocycles. The van der Waals surface area contributed by atoms with E-state index in [0.717, 1.165) is 22.4 Å². The summed E-state index contributed by atoms with van der Waals surface area (Å²) in [6, 6.07) is 14.8. The number of methoxy groups -OCH3 is 1. The van der Waals surface area contributed by atoms with E-state index in [2.05, 4.69) is 51.1 Å². The van der Waals surface area contributed by atoms with Gasteiger partial charge in [0.1, 0.15) is 5.75 Å². The highest BCUT2D eigenvalue weighted by molar-refractivity contribution is 5.71. The quantitative estimate of drug-likeness (QED) is 0.887. The average Bonchev–Trinajstić information content (AvgIpc) is 2.45. The van der Waals surface area contributed by atoms with Gasteiger partial charge in [-0.25, -0.2) is 0 Å². The largest absolute Gasteiger partial charge is 0.496 e. The normalized spacial score (nSPS) is 13.0. The van der Waals surface area contributed by atoms with Gasteiger partial charge in [-0.3, -0.25) is 0 Å². The molecule has 0 amide bonds. The standard InChI is InChI=1S/C19H25NO/c1-13(20)15-8-11-18(21-5)17(12-15)14-6-9-16(10-7-14)19(2,3)4/h6-13H,20H2,1-5H3. The van der Waals surface area contributed by atoms with Crippen LogP contribution in [0.25, 0.3) is 11.1 Å². The third kappa shape index (κ3) is 3.45. The Morgan fingerprint density at radius 3 is 2.10 bits per heavy atom. The number of hydrogen-bond donors (Lipinski definition) is 1. The van der Waals surface area contributed by atoms with E-state index >= 15 is 0 Å². The molecule has 0 aliphatic rings. The molecule has 0 radical (unpaired) electrons. The third-order valence-electron chi connectivity index (χ3n) is 3.81. The summed E-state index contributed by atoms with van der Waals surface area (Å²) in [5, 5.41) is 0. The van der Waals surface area contributed by atoms with Crippen LogP contribution in [0.2, 0.25) is 0 Å². The molecule has 2 aromatic rings. The topological polar surface area (TPSA) is 35.2 Å². The predicted molar refractivity (Wildman–Crippen MR) is 89.7 cm³/mol. The second-order valence-corrected chi connectivity index (χ2v) is 6.58. The number of ether oxygens (including phenoxy) is 1. The smallest absolute Gasteiger partial charge is 0.126 e. The molecule has 0 bridgehead atoms. The van der Waals surface area contributed by atoms with Crippen molar-refractivity contribution in [3.05, 3.63) is 53.6 Å². The molecule has 0 aromatic heterocycles. The van der Waals surface area contributed by atoms with Crippen LogP contribution in [0.5, 0.6) is 5.75 Å². The van der Waals surface area contributed by atoms with Crippen molar-refractivity contribution in [2.45, 2.75) is 39.2 Å². The Hall–Kier alpha value is -1.80. The Labute approximate surface area is 127 Å². The molecule has 0 fully saturated rings. The zero-order chi connectivity index (χ0) is 15.6. The van der Waals surface area contributed by atoms with Crippen LogP contribution in [0, 0.1) is 0 Å². The molecule has 0 aliphatic carbocycles. The van der Waals surface area contributed by atoms with Crippen molar-refractivity contribution in [1.29, 1.82) is 0 Å². The van der Waals surface area contributed by atoms with Gasteiger partial charge in [-0.05, 0) is 41.2 Å². The van der Waals surface area contributed by atoms with Gasteiger partial charge in [-0.2, -0.15) is 0 Å². The zero-order valence-electron chi connectivity index (χ0n) is 13.6. The van der Waals surface area contributed by atoms with Gasteiger partial charge in [0.25, 0.3) is 0 Å². The molecule has 21 heavy (non-hydrogen) atoms. The molecule has 1 unspecified atom stereocenters. The van der Waals surface area contributed by atoms with Crippen molar-refractivity contribution in [1.82, 2.24) is 0 Å². The third-order valence-corrected chi connectivity index (χ3v) is 3.81. The van der Waals surface area contributed by atoms with Crippen molar-refractivity contribution in [3.8, 4) is 16.9 Å². The van der Waals surface area contributed by atoms with Crippen LogP contribution in [0.4, 0.5) is 0 Å². The molecule has 0 saturated carbocycles. The van der Waals surface area contributed by atoms with E-state index in [1.807, 2.05) is 19.1 Å². The highest BCUT2D eigenvalue weighted by Gasteiger charge is 2.14. The predicted octanol–water partition coefficient (Wildman–Crippen LogP) is 4.68. The van der Waals surface area contributed by atoms with Gasteiger partial charge < -0.3 is 10.5 Å². The summed E-state index contributed by atoms with van der Waals surface area (Å²) in [5.41, 5.74) is 10.8. The monoisotopic (exact) mass is 283 g/mol. The summed E-state index contributed by atoms with van der Waals surface area (Å²) in [6.07, 6.45) is 0. The van der Waals surface area contributed by atoms with E-state index in [4.69, 9.17) is 10.5 Å². The highest BCUT2D eigenvalue weighted by Crippen LogP contribution is 2.33. The Bertz CT molecular complexity index is 606. The lowest BCUT2D eigenvalue weighted by atomic mass is 9.86. The molecule has 1 atom stereocenters. The second-order valence-electron chi connectivity index (χ2n) is 6.58. The van der Waals surface area contributed by atoms with E-state index in [1.54, 1.807) is 7.11 Å². The van der Waals surface area contributed by atoms with Crippen molar-refractivity contribution < 1.29 is 4.74 Å². The van der Waals surface area contributed by atoms with Gasteiger partial charge in [-0.15, -0.1) is 0 Å². The van der Waals surface area contributed by atoms with E-state index in [9.17, 15) is 0 Å². The minimum atomic E-state index is 0.0171. The number of benzene rings is 2. The van der Waals surface area contributed by atoms with Gasteiger partial charge in [0.15, 0.2) is 0 Å². The first kappa shape index (κ1) is 15.6. The summed E-state index contributed by atoms with van der Waals surface area (Å²) in [6.45, 7) is 8.66. The molecular weight excluding hydrogens is 258 g/mol. The lowest BCUT2D eigenvalue weighted by molar-refractivity contribution is 0.416. The van der Waals surface area contributed by atoms with Gasteiger partial charge in [0.05, 0.1) is 7.11 Å². The van der Waals surface area contributed by atoms with E-state index in [0.29, 0.717) is 0 Å². The fraction of sp³-hybridized carbons (Fsp3) is 0.368. The zero-order valence-corrected chi connectivity index (χ0v) is 13.6. The van der Waals surface area contributed by atoms with Crippen LogP contribution in [-0.2, 0) is 5.41 Å². The van der Waals surface area contributed by atoms with Crippen LogP contribution in [-0.4, -0.2) is 7.11 Å². The molecular formula is C19H25NO. The molecule has 2 rings (SSSR count). The Morgan fingerprint density at radius 1 is 1.00 bits per heavy atom. The average molecular weight is 283 g/mol. The van der Waals surface area contributed by atoms with E-state index < -0.39 is 0 Å².